The minimum absolute atomic E-state index is 0.0106. The van der Waals surface area contributed by atoms with Crippen LogP contribution in [-0.4, -0.2) is 25.9 Å². The van der Waals surface area contributed by atoms with Crippen LogP contribution in [0.2, 0.25) is 0 Å². The number of sulfonamides is 1. The molecule has 1 aromatic rings. The number of nitrogens with one attached hydrogen (secondary N) is 1. The monoisotopic (exact) mass is 557 g/mol. The first-order valence-electron chi connectivity index (χ1n) is 13.6. The standard InChI is InChI=1S/C27H48N3O5PS/c1-18(2)23-16-24(19(3)4)26(25(17-23)20(5)6)37(32,33)30-29-28-27(14-12-11-13-15-27)36(31,34-21(7)8)35-22(9)10/h16-22H,11-15H2,1-10H3,(H,28,30). The minimum Gasteiger partial charge on any atom is -0.304 e. The second kappa shape index (κ2) is 12.7. The third-order valence-corrected chi connectivity index (χ3v) is 10.9. The maximum absolute atomic E-state index is 14.1. The molecular weight excluding hydrogens is 509 g/mol. The van der Waals surface area contributed by atoms with E-state index in [1.54, 1.807) is 27.7 Å². The third kappa shape index (κ3) is 7.65. The lowest BCUT2D eigenvalue weighted by atomic mass is 9.89. The lowest BCUT2D eigenvalue weighted by Gasteiger charge is -2.39. The Hall–Kier alpha value is -1.28. The molecule has 2 rings (SSSR count). The van der Waals surface area contributed by atoms with Gasteiger partial charge in [-0.25, -0.2) is 0 Å². The van der Waals surface area contributed by atoms with E-state index in [2.05, 4.69) is 29.0 Å². The van der Waals surface area contributed by atoms with Crippen LogP contribution in [0.25, 0.3) is 0 Å². The van der Waals surface area contributed by atoms with Gasteiger partial charge in [-0.05, 0) is 75.0 Å². The van der Waals surface area contributed by atoms with Crippen LogP contribution in [0.15, 0.2) is 27.4 Å². The number of benzene rings is 1. The van der Waals surface area contributed by atoms with Crippen LogP contribution in [0.5, 0.6) is 0 Å². The molecule has 0 aromatic heterocycles. The van der Waals surface area contributed by atoms with E-state index in [-0.39, 0.29) is 34.9 Å². The molecule has 0 spiro atoms. The van der Waals surface area contributed by atoms with Crippen molar-refractivity contribution in [1.29, 1.82) is 0 Å². The zero-order valence-electron chi connectivity index (χ0n) is 24.4. The van der Waals surface area contributed by atoms with Gasteiger partial charge in [0, 0.05) is 0 Å². The smallest absolute Gasteiger partial charge is 0.304 e. The maximum Gasteiger partial charge on any atom is 0.360 e. The highest BCUT2D eigenvalue weighted by Crippen LogP contribution is 2.67. The SMILES string of the molecule is CC(C)OP(=O)(OC(C)C)C1(/N=N/NS(=O)(=O)c2c(C(C)C)cc(C(C)C)cc2C(C)C)CCCCC1. The molecule has 1 aromatic carbocycles. The molecule has 1 fully saturated rings. The van der Waals surface area contributed by atoms with Crippen molar-refractivity contribution in [2.75, 3.05) is 0 Å². The molecule has 0 saturated heterocycles. The first-order chi connectivity index (χ1) is 17.0. The van der Waals surface area contributed by atoms with Gasteiger partial charge in [0.2, 0.25) is 0 Å². The van der Waals surface area contributed by atoms with Crippen LogP contribution in [0, 0.1) is 0 Å². The number of hydrogen-bond acceptors (Lipinski definition) is 7. The molecule has 1 aliphatic carbocycles. The first kappa shape index (κ1) is 31.9. The first-order valence-corrected chi connectivity index (χ1v) is 16.7. The van der Waals surface area contributed by atoms with Gasteiger partial charge in [0.15, 0.2) is 5.28 Å². The van der Waals surface area contributed by atoms with Crippen molar-refractivity contribution in [2.24, 2.45) is 10.3 Å². The summed E-state index contributed by atoms with van der Waals surface area (Å²) in [6.07, 6.45) is 2.74. The molecule has 0 unspecified atom stereocenters. The third-order valence-electron chi connectivity index (χ3n) is 6.61. The van der Waals surface area contributed by atoms with Crippen LogP contribution in [0.4, 0.5) is 0 Å². The van der Waals surface area contributed by atoms with Crippen LogP contribution < -0.4 is 4.83 Å². The summed E-state index contributed by atoms with van der Waals surface area (Å²) in [4.78, 5) is 2.61. The molecular formula is C27H48N3O5PS. The van der Waals surface area contributed by atoms with Crippen molar-refractivity contribution < 1.29 is 22.0 Å². The van der Waals surface area contributed by atoms with Gasteiger partial charge >= 0.3 is 7.60 Å². The van der Waals surface area contributed by atoms with Gasteiger partial charge in [-0.1, -0.05) is 78.2 Å². The van der Waals surface area contributed by atoms with Gasteiger partial charge in [0.05, 0.1) is 17.1 Å². The molecule has 0 amide bonds. The molecule has 37 heavy (non-hydrogen) atoms. The molecule has 0 bridgehead atoms. The molecule has 0 heterocycles. The molecule has 0 aliphatic heterocycles. The van der Waals surface area contributed by atoms with Crippen LogP contribution in [0.1, 0.15) is 136 Å². The van der Waals surface area contributed by atoms with Crippen molar-refractivity contribution in [3.8, 4) is 0 Å². The molecule has 0 atom stereocenters. The quantitative estimate of drug-likeness (QED) is 0.158. The van der Waals surface area contributed by atoms with Gasteiger partial charge in [-0.15, -0.1) is 0 Å². The summed E-state index contributed by atoms with van der Waals surface area (Å²) in [6, 6.07) is 3.97. The molecule has 10 heteroatoms. The zero-order valence-corrected chi connectivity index (χ0v) is 26.1. The number of hydrogen-bond donors (Lipinski definition) is 1. The Kier molecular flexibility index (Phi) is 11.0. The van der Waals surface area contributed by atoms with Crippen LogP contribution in [0.3, 0.4) is 0 Å². The van der Waals surface area contributed by atoms with E-state index in [1.807, 2.05) is 39.8 Å². The highest BCUT2D eigenvalue weighted by molar-refractivity contribution is 7.89. The molecule has 8 nitrogen and oxygen atoms in total. The minimum atomic E-state index is -4.06. The van der Waals surface area contributed by atoms with Crippen molar-refractivity contribution >= 4 is 17.6 Å². The highest BCUT2D eigenvalue weighted by atomic mass is 32.2. The second-order valence-corrected chi connectivity index (χ2v) is 15.5. The molecule has 1 N–H and O–H groups in total. The van der Waals surface area contributed by atoms with Crippen molar-refractivity contribution in [1.82, 2.24) is 4.83 Å². The normalized spacial score (nSPS) is 17.2. The lowest BCUT2D eigenvalue weighted by molar-refractivity contribution is 0.117. The summed E-state index contributed by atoms with van der Waals surface area (Å²) in [5, 5.41) is 7.20. The summed E-state index contributed by atoms with van der Waals surface area (Å²) < 4.78 is 53.4. The Bertz CT molecular complexity index is 1050. The fraction of sp³-hybridized carbons (Fsp3) is 0.778. The largest absolute Gasteiger partial charge is 0.360 e. The molecule has 212 valence electrons. The van der Waals surface area contributed by atoms with Crippen molar-refractivity contribution in [2.45, 2.75) is 141 Å². The molecule has 1 saturated carbocycles. The Morgan fingerprint density at radius 2 is 1.27 bits per heavy atom. The van der Waals surface area contributed by atoms with E-state index in [9.17, 15) is 13.0 Å². The van der Waals surface area contributed by atoms with E-state index >= 15 is 0 Å². The fourth-order valence-corrected chi connectivity index (χ4v) is 8.76. The Balaban J connectivity index is 2.58. The zero-order chi connectivity index (χ0) is 28.2. The van der Waals surface area contributed by atoms with E-state index in [4.69, 9.17) is 9.05 Å². The molecule has 0 radical (unpaired) electrons. The van der Waals surface area contributed by atoms with Gasteiger partial charge in [-0.3, -0.25) is 4.57 Å². The van der Waals surface area contributed by atoms with E-state index < -0.39 is 22.9 Å². The summed E-state index contributed by atoms with van der Waals surface area (Å²) in [5.41, 5.74) is 2.61. The Morgan fingerprint density at radius 3 is 1.65 bits per heavy atom. The summed E-state index contributed by atoms with van der Waals surface area (Å²) >= 11 is 0. The topological polar surface area (TPSA) is 106 Å². The number of nitrogens with zero attached hydrogens (tertiary/aromatic N) is 2. The summed E-state index contributed by atoms with van der Waals surface area (Å²) in [7, 11) is -7.81. The number of rotatable bonds is 12. The van der Waals surface area contributed by atoms with Crippen molar-refractivity contribution in [3.05, 3.63) is 28.8 Å². The maximum atomic E-state index is 14.1. The Morgan fingerprint density at radius 1 is 0.811 bits per heavy atom. The van der Waals surface area contributed by atoms with E-state index in [1.165, 1.54) is 0 Å². The highest BCUT2D eigenvalue weighted by Gasteiger charge is 2.53. The lowest BCUT2D eigenvalue weighted by Crippen LogP contribution is -2.34. The van der Waals surface area contributed by atoms with Gasteiger partial charge in [0.1, 0.15) is 0 Å². The van der Waals surface area contributed by atoms with Gasteiger partial charge < -0.3 is 9.05 Å². The average Bonchev–Trinajstić information content (AvgIpc) is 2.77. The summed E-state index contributed by atoms with van der Waals surface area (Å²) in [5.74, 6) is 0.244. The van der Waals surface area contributed by atoms with Gasteiger partial charge in [-0.2, -0.15) is 18.4 Å². The van der Waals surface area contributed by atoms with E-state index in [0.717, 1.165) is 36.0 Å². The van der Waals surface area contributed by atoms with E-state index in [0.29, 0.717) is 12.8 Å². The fourth-order valence-electron chi connectivity index (χ4n) is 4.74. The Labute approximate surface area is 225 Å². The van der Waals surface area contributed by atoms with Gasteiger partial charge in [0.25, 0.3) is 10.0 Å². The van der Waals surface area contributed by atoms with Crippen LogP contribution in [-0.2, 0) is 23.6 Å². The predicted octanol–water partition coefficient (Wildman–Crippen LogP) is 8.41. The second-order valence-electron chi connectivity index (χ2n) is 11.6. The van der Waals surface area contributed by atoms with Crippen molar-refractivity contribution in [3.63, 3.8) is 0 Å². The van der Waals surface area contributed by atoms with Crippen LogP contribution >= 0.6 is 7.60 Å². The average molecular weight is 558 g/mol. The molecule has 1 aliphatic rings. The summed E-state index contributed by atoms with van der Waals surface area (Å²) in [6.45, 7) is 19.4. The predicted molar refractivity (Wildman–Crippen MR) is 150 cm³/mol.